The van der Waals surface area contributed by atoms with Gasteiger partial charge in [-0.3, -0.25) is 9.79 Å². The number of amides is 1. The minimum Gasteiger partial charge on any atom is -0.362 e. The predicted molar refractivity (Wildman–Crippen MR) is 69.9 cm³/mol. The van der Waals surface area contributed by atoms with E-state index in [9.17, 15) is 4.79 Å². The highest BCUT2D eigenvalue weighted by molar-refractivity contribution is 8.13. The first kappa shape index (κ1) is 13.4. The topological polar surface area (TPSA) is 53.5 Å². The Morgan fingerprint density at radius 2 is 2.44 bits per heavy atom. The van der Waals surface area contributed by atoms with Crippen LogP contribution in [-0.4, -0.2) is 36.0 Å². The summed E-state index contributed by atoms with van der Waals surface area (Å²) in [6, 6.07) is 0.560. The van der Waals surface area contributed by atoms with Crippen LogP contribution in [0.5, 0.6) is 0 Å². The maximum absolute atomic E-state index is 11.2. The Hall–Kier alpha value is -0.710. The van der Waals surface area contributed by atoms with Crippen molar-refractivity contribution in [3.63, 3.8) is 0 Å². The second kappa shape index (κ2) is 7.54. The Bertz CT molecular complexity index is 256. The third-order valence-electron chi connectivity index (χ3n) is 2.49. The summed E-state index contributed by atoms with van der Waals surface area (Å²) in [5.74, 6) is 1.21. The van der Waals surface area contributed by atoms with Gasteiger partial charge in [-0.05, 0) is 19.8 Å². The van der Waals surface area contributed by atoms with E-state index in [4.69, 9.17) is 0 Å². The average Bonchev–Trinajstić information content (AvgIpc) is 2.30. The molecule has 0 aromatic rings. The highest BCUT2D eigenvalue weighted by Gasteiger charge is 2.15. The van der Waals surface area contributed by atoms with Crippen molar-refractivity contribution in [2.45, 2.75) is 39.2 Å². The van der Waals surface area contributed by atoms with Gasteiger partial charge in [-0.2, -0.15) is 0 Å². The maximum atomic E-state index is 11.2. The summed E-state index contributed by atoms with van der Waals surface area (Å²) in [7, 11) is 0. The van der Waals surface area contributed by atoms with Crippen molar-refractivity contribution in [1.29, 1.82) is 0 Å². The molecule has 1 atom stereocenters. The molecular weight excluding hydrogens is 222 g/mol. The van der Waals surface area contributed by atoms with Crippen molar-refractivity contribution < 1.29 is 4.79 Å². The summed E-state index contributed by atoms with van der Waals surface area (Å²) in [5.41, 5.74) is 0. The number of nitrogens with one attached hydrogen (secondary N) is 2. The molecule has 1 saturated heterocycles. The summed E-state index contributed by atoms with van der Waals surface area (Å²) >= 11 is 1.75. The molecule has 0 saturated carbocycles. The van der Waals surface area contributed by atoms with Crippen LogP contribution in [0.15, 0.2) is 4.99 Å². The van der Waals surface area contributed by atoms with Crippen molar-refractivity contribution in [3.8, 4) is 0 Å². The van der Waals surface area contributed by atoms with Gasteiger partial charge in [0.25, 0.3) is 0 Å². The van der Waals surface area contributed by atoms with E-state index in [1.54, 1.807) is 11.8 Å². The molecule has 1 amide bonds. The van der Waals surface area contributed by atoms with E-state index in [0.29, 0.717) is 25.6 Å². The van der Waals surface area contributed by atoms with Gasteiger partial charge in [0.2, 0.25) is 5.91 Å². The van der Waals surface area contributed by atoms with Crippen LogP contribution in [0.25, 0.3) is 0 Å². The van der Waals surface area contributed by atoms with Crippen LogP contribution in [0.1, 0.15) is 33.1 Å². The fourth-order valence-electron chi connectivity index (χ4n) is 1.53. The van der Waals surface area contributed by atoms with Crippen molar-refractivity contribution >= 4 is 22.8 Å². The molecule has 0 aromatic carbocycles. The first-order chi connectivity index (χ1) is 7.76. The van der Waals surface area contributed by atoms with Gasteiger partial charge in [0.1, 0.15) is 0 Å². The van der Waals surface area contributed by atoms with E-state index in [1.165, 1.54) is 6.42 Å². The van der Waals surface area contributed by atoms with Crippen LogP contribution in [-0.2, 0) is 4.79 Å². The standard InChI is InChI=1S/C11H21N3OS/c1-3-9-6-8-16-11(14-9)13-7-5-10(15)12-4-2/h9H,3-8H2,1-2H3,(H,12,15)(H,13,14). The van der Waals surface area contributed by atoms with Crippen molar-refractivity contribution in [1.82, 2.24) is 10.6 Å². The molecule has 1 heterocycles. The van der Waals surface area contributed by atoms with E-state index in [2.05, 4.69) is 22.5 Å². The minimum absolute atomic E-state index is 0.0831. The van der Waals surface area contributed by atoms with Crippen molar-refractivity contribution in [3.05, 3.63) is 0 Å². The smallest absolute Gasteiger partial charge is 0.221 e. The highest BCUT2D eigenvalue weighted by atomic mass is 32.2. The largest absolute Gasteiger partial charge is 0.362 e. The predicted octanol–water partition coefficient (Wildman–Crippen LogP) is 1.37. The Balaban J connectivity index is 2.25. The van der Waals surface area contributed by atoms with Gasteiger partial charge in [-0.1, -0.05) is 18.7 Å². The molecule has 4 nitrogen and oxygen atoms in total. The number of carbonyl (C=O) groups excluding carboxylic acids is 1. The third kappa shape index (κ3) is 4.88. The zero-order chi connectivity index (χ0) is 11.8. The number of hydrogen-bond acceptors (Lipinski definition) is 3. The zero-order valence-corrected chi connectivity index (χ0v) is 10.9. The molecule has 0 radical (unpaired) electrons. The Morgan fingerprint density at radius 1 is 1.62 bits per heavy atom. The van der Waals surface area contributed by atoms with Crippen LogP contribution in [0.3, 0.4) is 0 Å². The first-order valence-corrected chi connectivity index (χ1v) is 6.95. The molecule has 5 heteroatoms. The normalized spacial score (nSPS) is 22.9. The lowest BCUT2D eigenvalue weighted by molar-refractivity contribution is -0.120. The van der Waals surface area contributed by atoms with Crippen molar-refractivity contribution in [2.24, 2.45) is 4.99 Å². The molecule has 1 unspecified atom stereocenters. The van der Waals surface area contributed by atoms with E-state index in [0.717, 1.165) is 17.3 Å². The second-order valence-electron chi connectivity index (χ2n) is 3.78. The van der Waals surface area contributed by atoms with E-state index in [1.807, 2.05) is 6.92 Å². The van der Waals surface area contributed by atoms with Crippen molar-refractivity contribution in [2.75, 3.05) is 18.8 Å². The van der Waals surface area contributed by atoms with Crippen LogP contribution >= 0.6 is 11.8 Å². The number of nitrogens with zero attached hydrogens (tertiary/aromatic N) is 1. The number of hydrogen-bond donors (Lipinski definition) is 2. The lowest BCUT2D eigenvalue weighted by Crippen LogP contribution is -2.37. The summed E-state index contributed by atoms with van der Waals surface area (Å²) in [5, 5.41) is 7.16. The Kier molecular flexibility index (Phi) is 6.30. The highest BCUT2D eigenvalue weighted by Crippen LogP contribution is 2.15. The summed E-state index contributed by atoms with van der Waals surface area (Å²) in [6.07, 6.45) is 2.82. The summed E-state index contributed by atoms with van der Waals surface area (Å²) < 4.78 is 0. The lowest BCUT2D eigenvalue weighted by Gasteiger charge is -2.24. The first-order valence-electron chi connectivity index (χ1n) is 5.96. The fraction of sp³-hybridized carbons (Fsp3) is 0.818. The molecule has 2 N–H and O–H groups in total. The zero-order valence-electron chi connectivity index (χ0n) is 10.1. The van der Waals surface area contributed by atoms with Gasteiger partial charge < -0.3 is 10.6 Å². The molecule has 0 aliphatic carbocycles. The average molecular weight is 243 g/mol. The molecular formula is C11H21N3OS. The fourth-order valence-corrected chi connectivity index (χ4v) is 2.56. The molecule has 1 fully saturated rings. The molecule has 1 rings (SSSR count). The summed E-state index contributed by atoms with van der Waals surface area (Å²) in [6.45, 7) is 5.38. The molecule has 0 bridgehead atoms. The Morgan fingerprint density at radius 3 is 3.12 bits per heavy atom. The van der Waals surface area contributed by atoms with Gasteiger partial charge in [0.15, 0.2) is 5.17 Å². The molecule has 16 heavy (non-hydrogen) atoms. The number of carbonyl (C=O) groups is 1. The lowest BCUT2D eigenvalue weighted by atomic mass is 10.2. The minimum atomic E-state index is 0.0831. The quantitative estimate of drug-likeness (QED) is 0.767. The van der Waals surface area contributed by atoms with E-state index >= 15 is 0 Å². The number of aliphatic imine (C=N–C) groups is 1. The van der Waals surface area contributed by atoms with Gasteiger partial charge >= 0.3 is 0 Å². The molecule has 0 spiro atoms. The molecule has 1 aliphatic heterocycles. The van der Waals surface area contributed by atoms with Gasteiger partial charge in [-0.15, -0.1) is 0 Å². The molecule has 1 aliphatic rings. The SMILES string of the molecule is CCNC(=O)CCN=C1NC(CC)CCS1. The van der Waals surface area contributed by atoms with Gasteiger partial charge in [0, 0.05) is 24.8 Å². The van der Waals surface area contributed by atoms with Gasteiger partial charge in [0.05, 0.1) is 6.54 Å². The van der Waals surface area contributed by atoms with Crippen LogP contribution in [0.2, 0.25) is 0 Å². The number of thioether (sulfide) groups is 1. The monoisotopic (exact) mass is 243 g/mol. The van der Waals surface area contributed by atoms with Crippen LogP contribution < -0.4 is 10.6 Å². The summed E-state index contributed by atoms with van der Waals surface area (Å²) in [4.78, 5) is 15.6. The third-order valence-corrected chi connectivity index (χ3v) is 3.45. The second-order valence-corrected chi connectivity index (χ2v) is 4.86. The van der Waals surface area contributed by atoms with Crippen LogP contribution in [0.4, 0.5) is 0 Å². The maximum Gasteiger partial charge on any atom is 0.221 e. The van der Waals surface area contributed by atoms with E-state index < -0.39 is 0 Å². The molecule has 92 valence electrons. The van der Waals surface area contributed by atoms with E-state index in [-0.39, 0.29) is 5.91 Å². The molecule has 0 aromatic heterocycles. The van der Waals surface area contributed by atoms with Gasteiger partial charge in [-0.25, -0.2) is 0 Å². The number of amidine groups is 1. The van der Waals surface area contributed by atoms with Crippen LogP contribution in [0, 0.1) is 0 Å². The number of rotatable bonds is 5. The Labute approximate surface area is 102 Å².